The molecule has 1 atom stereocenters. The number of hydrogen-bond acceptors (Lipinski definition) is 4. The number of amides is 2. The number of nitrogens with two attached hydrogens (primary N) is 2. The second kappa shape index (κ2) is 7.02. The maximum Gasteiger partial charge on any atom is 0.231 e. The van der Waals surface area contributed by atoms with Crippen LogP contribution in [-0.2, 0) is 9.59 Å². The van der Waals surface area contributed by atoms with Crippen LogP contribution in [0.1, 0.15) is 17.3 Å². The van der Waals surface area contributed by atoms with Gasteiger partial charge in [0.2, 0.25) is 11.8 Å². The third kappa shape index (κ3) is 4.64. The van der Waals surface area contributed by atoms with Gasteiger partial charge in [-0.2, -0.15) is 0 Å². The molecule has 0 aliphatic rings. The highest BCUT2D eigenvalue weighted by atomic mass is 35.5. The molecular formula is C13H16ClN3O3. The fourth-order valence-corrected chi connectivity index (χ4v) is 1.97. The van der Waals surface area contributed by atoms with Crippen LogP contribution in [0, 0.1) is 0 Å². The molecule has 4 N–H and O–H groups in total. The lowest BCUT2D eigenvalue weighted by Crippen LogP contribution is -2.47. The lowest BCUT2D eigenvalue weighted by atomic mass is 10.0. The highest BCUT2D eigenvalue weighted by molar-refractivity contribution is 6.31. The predicted octanol–water partition coefficient (Wildman–Crippen LogP) is 0.184. The van der Waals surface area contributed by atoms with Crippen LogP contribution in [0.2, 0.25) is 5.02 Å². The molecule has 108 valence electrons. The van der Waals surface area contributed by atoms with Gasteiger partial charge in [0.05, 0.1) is 19.1 Å². The molecule has 6 nitrogen and oxygen atoms in total. The zero-order chi connectivity index (χ0) is 15.3. The summed E-state index contributed by atoms with van der Waals surface area (Å²) in [7, 11) is 0. The average Bonchev–Trinajstić information content (AvgIpc) is 2.35. The molecule has 1 aromatic rings. The number of nitrogens with zero attached hydrogens (tertiary/aromatic N) is 1. The van der Waals surface area contributed by atoms with E-state index in [1.807, 2.05) is 0 Å². The summed E-state index contributed by atoms with van der Waals surface area (Å²) in [6.07, 6.45) is 0. The molecule has 0 aromatic heterocycles. The Morgan fingerprint density at radius 1 is 1.20 bits per heavy atom. The summed E-state index contributed by atoms with van der Waals surface area (Å²) in [5, 5.41) is 0.430. The molecular weight excluding hydrogens is 282 g/mol. The number of hydrogen-bond donors (Lipinski definition) is 2. The van der Waals surface area contributed by atoms with Crippen molar-refractivity contribution >= 4 is 29.2 Å². The summed E-state index contributed by atoms with van der Waals surface area (Å²) in [4.78, 5) is 35.6. The Morgan fingerprint density at radius 3 is 2.20 bits per heavy atom. The number of ketones is 1. The topological polar surface area (TPSA) is 106 Å². The number of halogens is 1. The Balaban J connectivity index is 2.92. The van der Waals surface area contributed by atoms with Crippen molar-refractivity contribution < 1.29 is 14.4 Å². The Hall–Kier alpha value is -1.92. The normalized spacial score (nSPS) is 12.2. The number of benzene rings is 1. The van der Waals surface area contributed by atoms with Gasteiger partial charge < -0.3 is 11.5 Å². The summed E-state index contributed by atoms with van der Waals surface area (Å²) in [6.45, 7) is 1.13. The molecule has 0 bridgehead atoms. The summed E-state index contributed by atoms with van der Waals surface area (Å²) < 4.78 is 0. The Labute approximate surface area is 121 Å². The molecule has 0 radical (unpaired) electrons. The van der Waals surface area contributed by atoms with Crippen molar-refractivity contribution in [1.29, 1.82) is 0 Å². The van der Waals surface area contributed by atoms with Crippen molar-refractivity contribution in [2.24, 2.45) is 11.5 Å². The predicted molar refractivity (Wildman–Crippen MR) is 75.2 cm³/mol. The highest BCUT2D eigenvalue weighted by Gasteiger charge is 2.25. The third-order valence-electron chi connectivity index (χ3n) is 2.75. The third-order valence-corrected chi connectivity index (χ3v) is 2.99. The first kappa shape index (κ1) is 16.1. The van der Waals surface area contributed by atoms with E-state index < -0.39 is 17.9 Å². The molecule has 0 fully saturated rings. The van der Waals surface area contributed by atoms with E-state index in [9.17, 15) is 14.4 Å². The quantitative estimate of drug-likeness (QED) is 0.700. The van der Waals surface area contributed by atoms with Crippen LogP contribution in [0.4, 0.5) is 0 Å². The lowest BCUT2D eigenvalue weighted by Gasteiger charge is -2.25. The van der Waals surface area contributed by atoms with Crippen LogP contribution >= 0.6 is 11.6 Å². The minimum absolute atomic E-state index is 0.226. The maximum absolute atomic E-state index is 12.3. The van der Waals surface area contributed by atoms with E-state index in [0.29, 0.717) is 10.6 Å². The van der Waals surface area contributed by atoms with Crippen molar-refractivity contribution in [3.8, 4) is 0 Å². The first-order valence-corrected chi connectivity index (χ1v) is 6.29. The summed E-state index contributed by atoms with van der Waals surface area (Å²) >= 11 is 5.83. The molecule has 0 aliphatic carbocycles. The van der Waals surface area contributed by atoms with Gasteiger partial charge in [0.1, 0.15) is 0 Å². The van der Waals surface area contributed by atoms with Crippen molar-refractivity contribution in [2.75, 3.05) is 13.1 Å². The van der Waals surface area contributed by atoms with Gasteiger partial charge in [-0.15, -0.1) is 0 Å². The van der Waals surface area contributed by atoms with E-state index in [2.05, 4.69) is 0 Å². The molecule has 0 saturated heterocycles. The minimum atomic E-state index is -0.714. The number of carbonyl (C=O) groups is 3. The molecule has 0 aliphatic heterocycles. The van der Waals surface area contributed by atoms with E-state index in [0.717, 1.165) is 0 Å². The van der Waals surface area contributed by atoms with Gasteiger partial charge in [-0.05, 0) is 19.1 Å². The molecule has 0 spiro atoms. The largest absolute Gasteiger partial charge is 0.369 e. The van der Waals surface area contributed by atoms with Crippen molar-refractivity contribution in [2.45, 2.75) is 13.0 Å². The molecule has 0 saturated carbocycles. The zero-order valence-corrected chi connectivity index (χ0v) is 11.8. The van der Waals surface area contributed by atoms with E-state index in [-0.39, 0.29) is 18.9 Å². The van der Waals surface area contributed by atoms with Crippen molar-refractivity contribution in [3.05, 3.63) is 34.9 Å². The van der Waals surface area contributed by atoms with E-state index in [1.54, 1.807) is 25.1 Å². The molecule has 1 aromatic carbocycles. The van der Waals surface area contributed by atoms with Gasteiger partial charge in [0.15, 0.2) is 5.78 Å². The van der Waals surface area contributed by atoms with Crippen LogP contribution in [0.15, 0.2) is 24.3 Å². The van der Waals surface area contributed by atoms with Gasteiger partial charge in [0.25, 0.3) is 0 Å². The molecule has 20 heavy (non-hydrogen) atoms. The van der Waals surface area contributed by atoms with Gasteiger partial charge in [0, 0.05) is 10.6 Å². The Morgan fingerprint density at radius 2 is 1.75 bits per heavy atom. The molecule has 1 rings (SSSR count). The Bertz CT molecular complexity index is 517. The number of primary amides is 2. The number of carbonyl (C=O) groups excluding carboxylic acids is 3. The van der Waals surface area contributed by atoms with Gasteiger partial charge in [-0.3, -0.25) is 19.3 Å². The van der Waals surface area contributed by atoms with Crippen LogP contribution in [-0.4, -0.2) is 41.6 Å². The SMILES string of the molecule is CC(C(=O)c1cccc(Cl)c1)N(CC(N)=O)CC(N)=O. The monoisotopic (exact) mass is 297 g/mol. The fourth-order valence-electron chi connectivity index (χ4n) is 1.78. The second-order valence-corrected chi connectivity index (χ2v) is 4.82. The van der Waals surface area contributed by atoms with Crippen molar-refractivity contribution in [1.82, 2.24) is 4.90 Å². The minimum Gasteiger partial charge on any atom is -0.369 e. The van der Waals surface area contributed by atoms with Crippen LogP contribution < -0.4 is 11.5 Å². The van der Waals surface area contributed by atoms with E-state index in [1.165, 1.54) is 11.0 Å². The first-order valence-electron chi connectivity index (χ1n) is 5.91. The lowest BCUT2D eigenvalue weighted by molar-refractivity contribution is -0.122. The van der Waals surface area contributed by atoms with Gasteiger partial charge in [-0.25, -0.2) is 0 Å². The van der Waals surface area contributed by atoms with Crippen molar-refractivity contribution in [3.63, 3.8) is 0 Å². The van der Waals surface area contributed by atoms with Crippen LogP contribution in [0.5, 0.6) is 0 Å². The zero-order valence-electron chi connectivity index (χ0n) is 11.0. The average molecular weight is 298 g/mol. The standard InChI is InChI=1S/C13H16ClN3O3/c1-8(17(6-11(15)18)7-12(16)19)13(20)9-3-2-4-10(14)5-9/h2-5,8H,6-7H2,1H3,(H2,15,18)(H2,16,19). The van der Waals surface area contributed by atoms with E-state index in [4.69, 9.17) is 23.1 Å². The molecule has 7 heteroatoms. The molecule has 2 amide bonds. The first-order chi connectivity index (χ1) is 9.31. The second-order valence-electron chi connectivity index (χ2n) is 4.39. The smallest absolute Gasteiger partial charge is 0.231 e. The van der Waals surface area contributed by atoms with Gasteiger partial charge in [-0.1, -0.05) is 23.7 Å². The van der Waals surface area contributed by atoms with Crippen LogP contribution in [0.3, 0.4) is 0 Å². The summed E-state index contributed by atoms with van der Waals surface area (Å²) in [5.74, 6) is -1.55. The van der Waals surface area contributed by atoms with Gasteiger partial charge >= 0.3 is 0 Å². The molecule has 0 heterocycles. The summed E-state index contributed by atoms with van der Waals surface area (Å²) in [5.41, 5.74) is 10.6. The van der Waals surface area contributed by atoms with Crippen LogP contribution in [0.25, 0.3) is 0 Å². The Kier molecular flexibility index (Phi) is 5.66. The highest BCUT2D eigenvalue weighted by Crippen LogP contribution is 2.14. The molecule has 1 unspecified atom stereocenters. The number of Topliss-reactive ketones (excluding diaryl/α,β-unsaturated/α-hetero) is 1. The summed E-state index contributed by atoms with van der Waals surface area (Å²) in [6, 6.07) is 5.71. The fraction of sp³-hybridized carbons (Fsp3) is 0.308. The van der Waals surface area contributed by atoms with E-state index >= 15 is 0 Å². The number of rotatable bonds is 7. The maximum atomic E-state index is 12.3.